The van der Waals surface area contributed by atoms with Gasteiger partial charge in [-0.05, 0) is 12.1 Å². The van der Waals surface area contributed by atoms with Crippen molar-refractivity contribution in [2.45, 2.75) is 4.90 Å². The molecule has 1 aromatic rings. The van der Waals surface area contributed by atoms with E-state index < -0.39 is 21.5 Å². The average Bonchev–Trinajstić information content (AvgIpc) is 2.20. The molecule has 0 aliphatic carbocycles. The van der Waals surface area contributed by atoms with Crippen molar-refractivity contribution in [3.63, 3.8) is 0 Å². The van der Waals surface area contributed by atoms with Crippen LogP contribution in [-0.2, 0) is 9.84 Å². The van der Waals surface area contributed by atoms with E-state index in [2.05, 4.69) is 0 Å². The number of hydrogen-bond acceptors (Lipinski definition) is 4. The monoisotopic (exact) mass is 277 g/mol. The predicted octanol–water partition coefficient (Wildman–Crippen LogP) is 1.97. The van der Waals surface area contributed by atoms with Crippen molar-refractivity contribution in [3.05, 3.63) is 29.3 Å². The number of thioether (sulfide) groups is 1. The van der Waals surface area contributed by atoms with Gasteiger partial charge in [-0.25, -0.2) is 17.2 Å². The number of benzene rings is 1. The topological polar surface area (TPSA) is 57.9 Å². The molecule has 0 fully saturated rings. The van der Waals surface area contributed by atoms with Gasteiger partial charge in [0.25, 0.3) is 0 Å². The highest BCUT2D eigenvalue weighted by Crippen LogP contribution is 2.26. The molecule has 92 valence electrons. The molecule has 0 amide bonds. The van der Waals surface area contributed by atoms with Gasteiger partial charge in [-0.2, -0.15) is 5.26 Å². The van der Waals surface area contributed by atoms with E-state index in [-0.39, 0.29) is 22.0 Å². The molecule has 0 saturated carbocycles. The highest BCUT2D eigenvalue weighted by molar-refractivity contribution is 8.00. The fourth-order valence-corrected chi connectivity index (χ4v) is 3.20. The third-order valence-electron chi connectivity index (χ3n) is 1.83. The Morgan fingerprint density at radius 2 is 1.88 bits per heavy atom. The Balaban J connectivity index is 2.83. The van der Waals surface area contributed by atoms with Crippen molar-refractivity contribution < 1.29 is 17.2 Å². The third-order valence-corrected chi connectivity index (χ3v) is 4.12. The van der Waals surface area contributed by atoms with Gasteiger partial charge in [-0.1, -0.05) is 0 Å². The Bertz CT molecular complexity index is 541. The Hall–Kier alpha value is -1.13. The molecule has 0 heterocycles. The smallest absolute Gasteiger partial charge is 0.148 e. The van der Waals surface area contributed by atoms with Gasteiger partial charge in [-0.3, -0.25) is 0 Å². The molecule has 1 aromatic carbocycles. The predicted molar refractivity (Wildman–Crippen MR) is 61.5 cm³/mol. The first-order valence-corrected chi connectivity index (χ1v) is 7.58. The Labute approximate surface area is 102 Å². The second-order valence-electron chi connectivity index (χ2n) is 3.36. The van der Waals surface area contributed by atoms with Crippen molar-refractivity contribution in [1.29, 1.82) is 5.26 Å². The van der Waals surface area contributed by atoms with E-state index in [4.69, 9.17) is 5.26 Å². The van der Waals surface area contributed by atoms with Gasteiger partial charge in [0.05, 0.1) is 22.3 Å². The summed E-state index contributed by atoms with van der Waals surface area (Å²) in [5, 5.41) is 8.49. The van der Waals surface area contributed by atoms with Crippen LogP contribution >= 0.6 is 11.8 Å². The second kappa shape index (κ2) is 5.47. The van der Waals surface area contributed by atoms with Crippen LogP contribution in [0.3, 0.4) is 0 Å². The summed E-state index contributed by atoms with van der Waals surface area (Å²) in [7, 11) is -3.15. The van der Waals surface area contributed by atoms with E-state index in [1.165, 1.54) is 0 Å². The molecule has 0 radical (unpaired) electrons. The SMILES string of the molecule is CS(=O)(=O)CCSc1c(F)cc(C#N)cc1F. The molecule has 0 saturated heterocycles. The molecule has 0 aliphatic heterocycles. The van der Waals surface area contributed by atoms with E-state index in [1.807, 2.05) is 0 Å². The standard InChI is InChI=1S/C10H9F2NO2S2/c1-17(14,15)3-2-16-10-8(11)4-7(6-13)5-9(10)12/h4-5H,2-3H2,1H3. The van der Waals surface area contributed by atoms with Crippen LogP contribution in [0.25, 0.3) is 0 Å². The first-order valence-electron chi connectivity index (χ1n) is 4.53. The van der Waals surface area contributed by atoms with E-state index in [9.17, 15) is 17.2 Å². The zero-order valence-corrected chi connectivity index (χ0v) is 10.5. The number of nitrogens with zero attached hydrogens (tertiary/aromatic N) is 1. The first kappa shape index (κ1) is 13.9. The quantitative estimate of drug-likeness (QED) is 0.790. The maximum Gasteiger partial charge on any atom is 0.148 e. The maximum atomic E-state index is 13.4. The Morgan fingerprint density at radius 3 is 2.29 bits per heavy atom. The molecule has 7 heteroatoms. The number of sulfone groups is 1. The van der Waals surface area contributed by atoms with E-state index in [1.54, 1.807) is 6.07 Å². The van der Waals surface area contributed by atoms with Gasteiger partial charge in [0.1, 0.15) is 21.5 Å². The summed E-state index contributed by atoms with van der Waals surface area (Å²) in [6.45, 7) is 0. The van der Waals surface area contributed by atoms with Crippen LogP contribution < -0.4 is 0 Å². The van der Waals surface area contributed by atoms with Gasteiger partial charge in [0.2, 0.25) is 0 Å². The largest absolute Gasteiger partial charge is 0.229 e. The third kappa shape index (κ3) is 4.32. The summed E-state index contributed by atoms with van der Waals surface area (Å²) in [5.74, 6) is -1.78. The van der Waals surface area contributed by atoms with Crippen molar-refractivity contribution in [3.8, 4) is 6.07 Å². The van der Waals surface area contributed by atoms with Gasteiger partial charge in [-0.15, -0.1) is 11.8 Å². The van der Waals surface area contributed by atoms with Crippen LogP contribution in [0, 0.1) is 23.0 Å². The van der Waals surface area contributed by atoms with Gasteiger partial charge < -0.3 is 0 Å². The lowest BCUT2D eigenvalue weighted by atomic mass is 10.2. The van der Waals surface area contributed by atoms with Crippen molar-refractivity contribution in [1.82, 2.24) is 0 Å². The van der Waals surface area contributed by atoms with Crippen molar-refractivity contribution >= 4 is 21.6 Å². The summed E-state index contributed by atoms with van der Waals surface area (Å²) in [4.78, 5) is -0.257. The van der Waals surface area contributed by atoms with Crippen LogP contribution in [0.4, 0.5) is 8.78 Å². The number of hydrogen-bond donors (Lipinski definition) is 0. The molecule has 17 heavy (non-hydrogen) atoms. The zero-order valence-electron chi connectivity index (χ0n) is 8.91. The fraction of sp³-hybridized carbons (Fsp3) is 0.300. The fourth-order valence-electron chi connectivity index (χ4n) is 1.06. The van der Waals surface area contributed by atoms with E-state index >= 15 is 0 Å². The lowest BCUT2D eigenvalue weighted by Gasteiger charge is -2.04. The summed E-state index contributed by atoms with van der Waals surface area (Å²) in [5.41, 5.74) is -0.104. The molecule has 1 rings (SSSR count). The molecule has 3 nitrogen and oxygen atoms in total. The normalized spacial score (nSPS) is 11.2. The summed E-state index contributed by atoms with van der Waals surface area (Å²) < 4.78 is 48.4. The Kier molecular flexibility index (Phi) is 4.48. The van der Waals surface area contributed by atoms with Crippen LogP contribution in [-0.4, -0.2) is 26.2 Å². The molecule has 0 spiro atoms. The maximum absolute atomic E-state index is 13.4. The summed E-state index contributed by atoms with van der Waals surface area (Å²) in [6.07, 6.45) is 1.05. The highest BCUT2D eigenvalue weighted by Gasteiger charge is 2.12. The van der Waals surface area contributed by atoms with Gasteiger partial charge in [0.15, 0.2) is 0 Å². The number of halogens is 2. The number of rotatable bonds is 4. The van der Waals surface area contributed by atoms with Crippen LogP contribution in [0.5, 0.6) is 0 Å². The second-order valence-corrected chi connectivity index (χ2v) is 6.72. The highest BCUT2D eigenvalue weighted by atomic mass is 32.2. The molecule has 0 atom stereocenters. The van der Waals surface area contributed by atoms with E-state index in [0.717, 1.165) is 30.2 Å². The minimum atomic E-state index is -3.15. The van der Waals surface area contributed by atoms with Crippen molar-refractivity contribution in [2.24, 2.45) is 0 Å². The molecule has 0 aromatic heterocycles. The summed E-state index contributed by atoms with van der Waals surface area (Å²) in [6, 6.07) is 3.48. The molecular formula is C10H9F2NO2S2. The Morgan fingerprint density at radius 1 is 1.35 bits per heavy atom. The van der Waals surface area contributed by atoms with Crippen LogP contribution in [0.2, 0.25) is 0 Å². The molecular weight excluding hydrogens is 268 g/mol. The van der Waals surface area contributed by atoms with Gasteiger partial charge >= 0.3 is 0 Å². The zero-order chi connectivity index (χ0) is 13.1. The lowest BCUT2D eigenvalue weighted by Crippen LogP contribution is -2.05. The van der Waals surface area contributed by atoms with Crippen LogP contribution in [0.1, 0.15) is 5.56 Å². The molecule has 0 N–H and O–H groups in total. The molecule has 0 aliphatic rings. The summed E-state index contributed by atoms with van der Waals surface area (Å²) >= 11 is 0.781. The minimum Gasteiger partial charge on any atom is -0.229 e. The average molecular weight is 277 g/mol. The molecule has 0 unspecified atom stereocenters. The van der Waals surface area contributed by atoms with E-state index in [0.29, 0.717) is 0 Å². The van der Waals surface area contributed by atoms with Gasteiger partial charge in [0, 0.05) is 12.0 Å². The minimum absolute atomic E-state index is 0.0680. The first-order chi connectivity index (χ1) is 7.83. The lowest BCUT2D eigenvalue weighted by molar-refractivity contribution is 0.540. The molecule has 0 bridgehead atoms. The van der Waals surface area contributed by atoms with Crippen molar-refractivity contribution in [2.75, 3.05) is 17.8 Å². The van der Waals surface area contributed by atoms with Crippen LogP contribution in [0.15, 0.2) is 17.0 Å². The number of nitriles is 1.